The van der Waals surface area contributed by atoms with Gasteiger partial charge in [-0.2, -0.15) is 26.7 Å². The summed E-state index contributed by atoms with van der Waals surface area (Å²) in [5.74, 6) is 2.42. The molecule has 0 saturated carbocycles. The molecule has 0 aromatic carbocycles. The van der Waals surface area contributed by atoms with Gasteiger partial charge in [-0.05, 0) is 31.9 Å². The molecule has 1 fully saturated rings. The summed E-state index contributed by atoms with van der Waals surface area (Å²) in [5, 5.41) is 7.09. The van der Waals surface area contributed by atoms with Crippen LogP contribution in [0.5, 0.6) is 6.01 Å². The van der Waals surface area contributed by atoms with Gasteiger partial charge in [-0.25, -0.2) is 0 Å². The zero-order valence-corrected chi connectivity index (χ0v) is 13.7. The van der Waals surface area contributed by atoms with Gasteiger partial charge in [0, 0.05) is 18.3 Å². The zero-order valence-electron chi connectivity index (χ0n) is 12.9. The maximum absolute atomic E-state index is 5.53. The molecule has 0 amide bonds. The van der Waals surface area contributed by atoms with E-state index in [1.165, 1.54) is 25.0 Å². The van der Waals surface area contributed by atoms with Gasteiger partial charge in [-0.1, -0.05) is 13.3 Å². The number of anilines is 2. The number of aromatic nitrogens is 3. The average molecular weight is 311 g/mol. The average Bonchev–Trinajstić information content (AvgIpc) is 2.52. The van der Waals surface area contributed by atoms with Gasteiger partial charge in [-0.15, -0.1) is 0 Å². The summed E-state index contributed by atoms with van der Waals surface area (Å²) in [7, 11) is 0. The van der Waals surface area contributed by atoms with Gasteiger partial charge < -0.3 is 15.4 Å². The Hall–Kier alpha value is -1.24. The molecule has 2 N–H and O–H groups in total. The first-order valence-electron chi connectivity index (χ1n) is 7.80. The SMILES string of the molecule is CCCOc1nc(NCC)nc(NCC2CCCCS2)n1. The van der Waals surface area contributed by atoms with E-state index < -0.39 is 0 Å². The van der Waals surface area contributed by atoms with Crippen molar-refractivity contribution in [3.8, 4) is 6.01 Å². The van der Waals surface area contributed by atoms with E-state index in [1.54, 1.807) is 0 Å². The number of nitrogens with zero attached hydrogens (tertiary/aromatic N) is 3. The molecule has 0 bridgehead atoms. The Morgan fingerprint density at radius 3 is 2.62 bits per heavy atom. The number of hydrogen-bond donors (Lipinski definition) is 2. The van der Waals surface area contributed by atoms with Crippen LogP contribution in [0.15, 0.2) is 0 Å². The molecule has 21 heavy (non-hydrogen) atoms. The molecule has 0 spiro atoms. The lowest BCUT2D eigenvalue weighted by atomic mass is 10.2. The quantitative estimate of drug-likeness (QED) is 0.765. The van der Waals surface area contributed by atoms with Gasteiger partial charge in [0.05, 0.1) is 6.61 Å². The molecule has 2 rings (SSSR count). The van der Waals surface area contributed by atoms with Crippen molar-refractivity contribution in [2.45, 2.75) is 44.8 Å². The minimum atomic E-state index is 0.390. The first kappa shape index (κ1) is 16.1. The standard InChI is InChI=1S/C14H25N5OS/c1-3-8-20-14-18-12(15-4-2)17-13(19-14)16-10-11-7-5-6-9-21-11/h11H,3-10H2,1-2H3,(H2,15,16,17,18,19). The van der Waals surface area contributed by atoms with E-state index in [1.807, 2.05) is 18.7 Å². The Morgan fingerprint density at radius 1 is 1.14 bits per heavy atom. The Labute approximate surface area is 130 Å². The van der Waals surface area contributed by atoms with E-state index in [-0.39, 0.29) is 0 Å². The van der Waals surface area contributed by atoms with Crippen molar-refractivity contribution in [2.75, 3.05) is 36.1 Å². The summed E-state index contributed by atoms with van der Waals surface area (Å²) in [5.41, 5.74) is 0. The Kier molecular flexibility index (Phi) is 6.85. The van der Waals surface area contributed by atoms with Crippen molar-refractivity contribution in [1.82, 2.24) is 15.0 Å². The third-order valence-corrected chi connectivity index (χ3v) is 4.55. The number of ether oxygens (including phenoxy) is 1. The van der Waals surface area contributed by atoms with Gasteiger partial charge >= 0.3 is 6.01 Å². The lowest BCUT2D eigenvalue weighted by Gasteiger charge is -2.21. The van der Waals surface area contributed by atoms with Crippen LogP contribution in [0.3, 0.4) is 0 Å². The summed E-state index contributed by atoms with van der Waals surface area (Å²) in [6.07, 6.45) is 4.86. The molecule has 1 aromatic heterocycles. The molecular weight excluding hydrogens is 286 g/mol. The maximum Gasteiger partial charge on any atom is 0.323 e. The molecule has 118 valence electrons. The Bertz CT molecular complexity index is 426. The molecule has 1 saturated heterocycles. The third-order valence-electron chi connectivity index (χ3n) is 3.15. The molecule has 1 unspecified atom stereocenters. The van der Waals surface area contributed by atoms with E-state index >= 15 is 0 Å². The number of nitrogens with one attached hydrogen (secondary N) is 2. The monoisotopic (exact) mass is 311 g/mol. The summed E-state index contributed by atoms with van der Waals surface area (Å²) in [4.78, 5) is 13.0. The Morgan fingerprint density at radius 2 is 1.95 bits per heavy atom. The summed E-state index contributed by atoms with van der Waals surface area (Å²) in [6.45, 7) is 6.37. The fourth-order valence-electron chi connectivity index (χ4n) is 2.10. The topological polar surface area (TPSA) is 72.0 Å². The highest BCUT2D eigenvalue weighted by atomic mass is 32.2. The largest absolute Gasteiger partial charge is 0.463 e. The van der Waals surface area contributed by atoms with Crippen molar-refractivity contribution in [1.29, 1.82) is 0 Å². The first-order chi connectivity index (χ1) is 10.3. The van der Waals surface area contributed by atoms with Crippen molar-refractivity contribution in [3.05, 3.63) is 0 Å². The normalized spacial score (nSPS) is 18.3. The molecule has 6 nitrogen and oxygen atoms in total. The smallest absolute Gasteiger partial charge is 0.323 e. The van der Waals surface area contributed by atoms with Crippen LogP contribution in [0.4, 0.5) is 11.9 Å². The van der Waals surface area contributed by atoms with Crippen molar-refractivity contribution >= 4 is 23.7 Å². The van der Waals surface area contributed by atoms with Crippen LogP contribution in [0.25, 0.3) is 0 Å². The summed E-state index contributed by atoms with van der Waals surface area (Å²) in [6, 6.07) is 0.390. The van der Waals surface area contributed by atoms with Crippen molar-refractivity contribution < 1.29 is 4.74 Å². The van der Waals surface area contributed by atoms with E-state index in [4.69, 9.17) is 4.74 Å². The van der Waals surface area contributed by atoms with Crippen molar-refractivity contribution in [3.63, 3.8) is 0 Å². The van der Waals surface area contributed by atoms with Gasteiger partial charge in [0.1, 0.15) is 0 Å². The molecule has 1 atom stereocenters. The van der Waals surface area contributed by atoms with Gasteiger partial charge in [0.25, 0.3) is 0 Å². The Balaban J connectivity index is 1.96. The molecular formula is C14H25N5OS. The number of rotatable bonds is 8. The van der Waals surface area contributed by atoms with Crippen LogP contribution in [-0.4, -0.2) is 45.7 Å². The first-order valence-corrected chi connectivity index (χ1v) is 8.85. The van der Waals surface area contributed by atoms with Crippen LogP contribution in [0, 0.1) is 0 Å². The molecule has 2 heterocycles. The van der Waals surface area contributed by atoms with E-state index in [2.05, 4.69) is 32.5 Å². The summed E-state index contributed by atoms with van der Waals surface area (Å²) >= 11 is 2.03. The lowest BCUT2D eigenvalue weighted by Crippen LogP contribution is -2.21. The fourth-order valence-corrected chi connectivity index (χ4v) is 3.34. The number of thioether (sulfide) groups is 1. The fraction of sp³-hybridized carbons (Fsp3) is 0.786. The predicted octanol–water partition coefficient (Wildman–Crippen LogP) is 2.79. The minimum Gasteiger partial charge on any atom is -0.463 e. The summed E-state index contributed by atoms with van der Waals surface area (Å²) < 4.78 is 5.53. The predicted molar refractivity (Wildman–Crippen MR) is 88.4 cm³/mol. The van der Waals surface area contributed by atoms with E-state index in [9.17, 15) is 0 Å². The molecule has 0 aliphatic carbocycles. The second-order valence-electron chi connectivity index (χ2n) is 5.01. The van der Waals surface area contributed by atoms with Crippen LogP contribution >= 0.6 is 11.8 Å². The van der Waals surface area contributed by atoms with Crippen LogP contribution in [-0.2, 0) is 0 Å². The van der Waals surface area contributed by atoms with Crippen LogP contribution in [0.2, 0.25) is 0 Å². The molecule has 7 heteroatoms. The second-order valence-corrected chi connectivity index (χ2v) is 6.42. The molecule has 1 aliphatic rings. The van der Waals surface area contributed by atoms with Gasteiger partial charge in [-0.3, -0.25) is 0 Å². The minimum absolute atomic E-state index is 0.390. The van der Waals surface area contributed by atoms with E-state index in [0.717, 1.165) is 19.5 Å². The highest BCUT2D eigenvalue weighted by Gasteiger charge is 2.15. The maximum atomic E-state index is 5.53. The second kappa shape index (κ2) is 8.92. The van der Waals surface area contributed by atoms with Crippen molar-refractivity contribution in [2.24, 2.45) is 0 Å². The van der Waals surface area contributed by atoms with Gasteiger partial charge in [0.15, 0.2) is 0 Å². The zero-order chi connectivity index (χ0) is 14.9. The molecule has 1 aliphatic heterocycles. The third kappa shape index (κ3) is 5.57. The highest BCUT2D eigenvalue weighted by Crippen LogP contribution is 2.25. The lowest BCUT2D eigenvalue weighted by molar-refractivity contribution is 0.292. The van der Waals surface area contributed by atoms with E-state index in [0.29, 0.717) is 29.8 Å². The molecule has 1 aromatic rings. The van der Waals surface area contributed by atoms with Gasteiger partial charge in [0.2, 0.25) is 11.9 Å². The number of hydrogen-bond acceptors (Lipinski definition) is 7. The van der Waals surface area contributed by atoms with Crippen LogP contribution in [0.1, 0.15) is 39.5 Å². The molecule has 0 radical (unpaired) electrons. The van der Waals surface area contributed by atoms with Crippen LogP contribution < -0.4 is 15.4 Å². The highest BCUT2D eigenvalue weighted by molar-refractivity contribution is 7.99.